The van der Waals surface area contributed by atoms with Gasteiger partial charge in [0, 0.05) is 33.2 Å². The van der Waals surface area contributed by atoms with Gasteiger partial charge in [0.15, 0.2) is 17.5 Å². The van der Waals surface area contributed by atoms with Crippen molar-refractivity contribution in [3.63, 3.8) is 0 Å². The predicted octanol–water partition coefficient (Wildman–Crippen LogP) is 15.7. The van der Waals surface area contributed by atoms with Crippen molar-refractivity contribution in [2.75, 3.05) is 4.90 Å². The lowest BCUT2D eigenvalue weighted by Crippen LogP contribution is -2.36. The Hall–Kier alpha value is -9.70. The van der Waals surface area contributed by atoms with Gasteiger partial charge in [-0.3, -0.25) is 0 Å². The summed E-state index contributed by atoms with van der Waals surface area (Å²) >= 11 is 0. The molecule has 1 aliphatic carbocycles. The smallest absolute Gasteiger partial charge is 0.164 e. The maximum Gasteiger partial charge on any atom is 0.164 e. The van der Waals surface area contributed by atoms with Gasteiger partial charge in [-0.1, -0.05) is 176 Å². The van der Waals surface area contributed by atoms with Gasteiger partial charge in [0.2, 0.25) is 0 Å². The summed E-state index contributed by atoms with van der Waals surface area (Å²) in [7, 11) is 0. The van der Waals surface area contributed by atoms with Crippen LogP contribution in [-0.2, 0) is 5.41 Å². The lowest BCUT2D eigenvalue weighted by molar-refractivity contribution is 0.752. The number of anilines is 3. The van der Waals surface area contributed by atoms with E-state index in [4.69, 9.17) is 15.0 Å². The van der Waals surface area contributed by atoms with Crippen molar-refractivity contribution in [1.29, 1.82) is 5.26 Å². The van der Waals surface area contributed by atoms with E-state index in [1.807, 2.05) is 78.9 Å². The normalized spacial score (nSPS) is 12.9. The first-order valence-corrected chi connectivity index (χ1v) is 23.9. The van der Waals surface area contributed by atoms with Gasteiger partial charge in [-0.05, 0) is 111 Å². The second kappa shape index (κ2) is 16.0. The highest BCUT2D eigenvalue weighted by atomic mass is 15.2. The Morgan fingerprint density at radius 2 is 0.859 bits per heavy atom. The third kappa shape index (κ3) is 6.10. The van der Waals surface area contributed by atoms with Crippen LogP contribution in [-0.4, -0.2) is 19.5 Å². The molecular formula is C65H40N6. The molecule has 1 spiro atoms. The van der Waals surface area contributed by atoms with E-state index in [1.54, 1.807) is 0 Å². The summed E-state index contributed by atoms with van der Waals surface area (Å²) in [5, 5.41) is 13.6. The summed E-state index contributed by atoms with van der Waals surface area (Å²) in [6.45, 7) is 0. The Bertz CT molecular complexity index is 4030. The average Bonchev–Trinajstić information content (AvgIpc) is 3.94. The number of para-hydroxylation sites is 4. The summed E-state index contributed by atoms with van der Waals surface area (Å²) in [5.41, 5.74) is 18.2. The molecule has 0 radical (unpaired) electrons. The van der Waals surface area contributed by atoms with Crippen LogP contribution in [0.25, 0.3) is 83.9 Å². The highest BCUT2D eigenvalue weighted by molar-refractivity contribution is 6.10. The van der Waals surface area contributed by atoms with Crippen LogP contribution in [0.15, 0.2) is 243 Å². The molecule has 330 valence electrons. The van der Waals surface area contributed by atoms with E-state index in [0.29, 0.717) is 23.0 Å². The molecule has 14 rings (SSSR count). The Morgan fingerprint density at radius 3 is 1.54 bits per heavy atom. The maximum absolute atomic E-state index is 11.1. The zero-order valence-electron chi connectivity index (χ0n) is 38.3. The van der Waals surface area contributed by atoms with E-state index < -0.39 is 5.41 Å². The molecule has 6 heteroatoms. The lowest BCUT2D eigenvalue weighted by atomic mass is 9.64. The molecule has 10 aromatic carbocycles. The number of nitrogens with zero attached hydrogens (tertiary/aromatic N) is 6. The van der Waals surface area contributed by atoms with Crippen molar-refractivity contribution in [2.24, 2.45) is 0 Å². The van der Waals surface area contributed by atoms with Crippen LogP contribution < -0.4 is 4.90 Å². The minimum absolute atomic E-state index is 0.497. The highest BCUT2D eigenvalue weighted by Gasteiger charge is 2.51. The lowest BCUT2D eigenvalue weighted by Gasteiger charge is -2.45. The number of nitriles is 1. The molecule has 0 fully saturated rings. The third-order valence-corrected chi connectivity index (χ3v) is 14.5. The summed E-state index contributed by atoms with van der Waals surface area (Å²) in [4.78, 5) is 17.2. The van der Waals surface area contributed by atoms with Crippen LogP contribution in [0, 0.1) is 11.3 Å². The third-order valence-electron chi connectivity index (χ3n) is 14.5. The van der Waals surface area contributed by atoms with Gasteiger partial charge < -0.3 is 9.47 Å². The number of hydrogen-bond donors (Lipinski definition) is 0. The molecule has 0 bridgehead atoms. The zero-order chi connectivity index (χ0) is 47.0. The van der Waals surface area contributed by atoms with Crippen LogP contribution in [0.1, 0.15) is 27.8 Å². The molecule has 2 aliphatic rings. The van der Waals surface area contributed by atoms with E-state index >= 15 is 0 Å². The highest BCUT2D eigenvalue weighted by Crippen LogP contribution is 2.64. The molecule has 6 nitrogen and oxygen atoms in total. The minimum atomic E-state index is -0.638. The van der Waals surface area contributed by atoms with Crippen molar-refractivity contribution in [1.82, 2.24) is 19.5 Å². The second-order valence-electron chi connectivity index (χ2n) is 18.2. The van der Waals surface area contributed by atoms with E-state index in [2.05, 4.69) is 179 Å². The van der Waals surface area contributed by atoms with Crippen molar-refractivity contribution in [2.45, 2.75) is 5.41 Å². The van der Waals surface area contributed by atoms with Gasteiger partial charge in [0.1, 0.15) is 6.07 Å². The SMILES string of the molecule is N#Cc1cc(-c2nc(-c3ccccc3)nc(-c3ccccc3)n2)ccc1N1c2ccccc2C2(c3ccccc3-c3cc(-c4ccc5c(c4)c4ccccc4n5-c4ccccc4)ccc32)c2ccccc21. The fraction of sp³-hybridized carbons (Fsp3) is 0.0154. The van der Waals surface area contributed by atoms with Crippen LogP contribution in [0.4, 0.5) is 17.1 Å². The number of aromatic nitrogens is 4. The molecule has 0 N–H and O–H groups in total. The monoisotopic (exact) mass is 904 g/mol. The summed E-state index contributed by atoms with van der Waals surface area (Å²) in [5.74, 6) is 1.63. The number of benzene rings is 10. The summed E-state index contributed by atoms with van der Waals surface area (Å²) < 4.78 is 2.37. The molecule has 0 unspecified atom stereocenters. The van der Waals surface area contributed by atoms with Crippen molar-refractivity contribution in [3.8, 4) is 68.2 Å². The average molecular weight is 905 g/mol. The first kappa shape index (κ1) is 40.4. The predicted molar refractivity (Wildman–Crippen MR) is 286 cm³/mol. The van der Waals surface area contributed by atoms with Crippen LogP contribution in [0.5, 0.6) is 0 Å². The van der Waals surface area contributed by atoms with Crippen molar-refractivity contribution < 1.29 is 0 Å². The molecule has 1 aliphatic heterocycles. The van der Waals surface area contributed by atoms with Crippen LogP contribution in [0.3, 0.4) is 0 Å². The second-order valence-corrected chi connectivity index (χ2v) is 18.2. The fourth-order valence-electron chi connectivity index (χ4n) is 11.5. The number of fused-ring (bicyclic) bond motifs is 12. The van der Waals surface area contributed by atoms with Crippen molar-refractivity contribution >= 4 is 38.9 Å². The van der Waals surface area contributed by atoms with Gasteiger partial charge in [-0.2, -0.15) is 5.26 Å². The molecule has 0 amide bonds. The topological polar surface area (TPSA) is 70.6 Å². The minimum Gasteiger partial charge on any atom is -0.309 e. The standard InChI is InChI=1S/C65H40N6/c66-41-47-38-46(64-68-62(42-18-4-1-5-19-42)67-63(69-64)43-20-6-2-7-21-43)34-36-57(47)71-60-30-16-13-27-55(60)65(56-28-14-17-31-61(56)71)53-26-12-10-24-49(53)51-39-44(32-35-54(51)65)45-33-37-59-52(40-45)50-25-11-15-29-58(50)70(59)48-22-8-3-9-23-48/h1-40H. The van der Waals surface area contributed by atoms with Crippen LogP contribution in [0.2, 0.25) is 0 Å². The molecule has 12 aromatic rings. The summed E-state index contributed by atoms with van der Waals surface area (Å²) in [6, 6.07) is 88.1. The number of rotatable bonds is 6. The Morgan fingerprint density at radius 1 is 0.352 bits per heavy atom. The van der Waals surface area contributed by atoms with Gasteiger partial charge in [-0.15, -0.1) is 0 Å². The maximum atomic E-state index is 11.1. The van der Waals surface area contributed by atoms with Gasteiger partial charge in [0.25, 0.3) is 0 Å². The summed E-state index contributed by atoms with van der Waals surface area (Å²) in [6.07, 6.45) is 0. The number of hydrogen-bond acceptors (Lipinski definition) is 5. The van der Waals surface area contributed by atoms with Gasteiger partial charge in [-0.25, -0.2) is 15.0 Å². The van der Waals surface area contributed by atoms with E-state index in [-0.39, 0.29) is 0 Å². The molecule has 0 saturated heterocycles. The zero-order valence-corrected chi connectivity index (χ0v) is 38.3. The molecular weight excluding hydrogens is 865 g/mol. The van der Waals surface area contributed by atoms with Gasteiger partial charge in [0.05, 0.1) is 39.1 Å². The van der Waals surface area contributed by atoms with E-state index in [9.17, 15) is 5.26 Å². The first-order chi connectivity index (χ1) is 35.2. The first-order valence-electron chi connectivity index (χ1n) is 23.9. The van der Waals surface area contributed by atoms with Crippen molar-refractivity contribution in [3.05, 3.63) is 270 Å². The molecule has 0 saturated carbocycles. The Kier molecular flexibility index (Phi) is 9.07. The Balaban J connectivity index is 0.916. The Labute approximate surface area is 410 Å². The van der Waals surface area contributed by atoms with E-state index in [1.165, 1.54) is 49.6 Å². The molecule has 2 aromatic heterocycles. The largest absolute Gasteiger partial charge is 0.309 e. The molecule has 71 heavy (non-hydrogen) atoms. The quantitative estimate of drug-likeness (QED) is 0.166. The van der Waals surface area contributed by atoms with E-state index in [0.717, 1.165) is 56.1 Å². The molecule has 0 atom stereocenters. The molecule has 3 heterocycles. The van der Waals surface area contributed by atoms with Gasteiger partial charge >= 0.3 is 0 Å². The van der Waals surface area contributed by atoms with Crippen LogP contribution >= 0.6 is 0 Å². The fourth-order valence-corrected chi connectivity index (χ4v) is 11.5.